The number of nitrogen functional groups attached to an aromatic ring is 1. The van der Waals surface area contributed by atoms with Crippen LogP contribution in [0.4, 0.5) is 5.69 Å². The van der Waals surface area contributed by atoms with E-state index >= 15 is 0 Å². The Labute approximate surface area is 114 Å². The van der Waals surface area contributed by atoms with Gasteiger partial charge in [0.25, 0.3) is 0 Å². The van der Waals surface area contributed by atoms with Crippen molar-refractivity contribution in [1.29, 1.82) is 0 Å². The Hall–Kier alpha value is -1.81. The molecular weight excluding hydrogens is 294 g/mol. The summed E-state index contributed by atoms with van der Waals surface area (Å²) in [5, 5.41) is 0. The van der Waals surface area contributed by atoms with Crippen molar-refractivity contribution in [2.24, 2.45) is 0 Å². The number of ether oxygens (including phenoxy) is 1. The van der Waals surface area contributed by atoms with E-state index in [2.05, 4.69) is 15.9 Å². The molecule has 0 atom stereocenters. The van der Waals surface area contributed by atoms with E-state index in [0.717, 1.165) is 4.47 Å². The first kappa shape index (κ1) is 12.6. The van der Waals surface area contributed by atoms with Gasteiger partial charge in [0.15, 0.2) is 5.78 Å². The van der Waals surface area contributed by atoms with Crippen LogP contribution in [0.25, 0.3) is 0 Å². The van der Waals surface area contributed by atoms with Crippen LogP contribution in [0.2, 0.25) is 0 Å². The van der Waals surface area contributed by atoms with Crippen molar-refractivity contribution in [3.05, 3.63) is 58.1 Å². The summed E-state index contributed by atoms with van der Waals surface area (Å²) >= 11 is 3.31. The molecule has 0 spiro atoms. The molecule has 2 aromatic rings. The Kier molecular flexibility index (Phi) is 3.67. The van der Waals surface area contributed by atoms with E-state index in [0.29, 0.717) is 22.6 Å². The van der Waals surface area contributed by atoms with E-state index in [1.165, 1.54) is 0 Å². The molecule has 0 fully saturated rings. The van der Waals surface area contributed by atoms with E-state index < -0.39 is 0 Å². The number of methoxy groups -OCH3 is 1. The lowest BCUT2D eigenvalue weighted by molar-refractivity contribution is 0.103. The van der Waals surface area contributed by atoms with Gasteiger partial charge in [0.2, 0.25) is 0 Å². The molecule has 0 saturated heterocycles. The van der Waals surface area contributed by atoms with Gasteiger partial charge in [-0.15, -0.1) is 0 Å². The second kappa shape index (κ2) is 5.23. The van der Waals surface area contributed by atoms with Gasteiger partial charge in [-0.05, 0) is 30.3 Å². The Morgan fingerprint density at radius 1 is 1.22 bits per heavy atom. The third-order valence-corrected chi connectivity index (χ3v) is 3.08. The van der Waals surface area contributed by atoms with Crippen LogP contribution in [0.1, 0.15) is 15.9 Å². The van der Waals surface area contributed by atoms with Crippen LogP contribution >= 0.6 is 15.9 Å². The minimum absolute atomic E-state index is 0.112. The first-order valence-corrected chi connectivity index (χ1v) is 6.15. The minimum atomic E-state index is -0.112. The number of benzene rings is 2. The predicted octanol–water partition coefficient (Wildman–Crippen LogP) is 3.27. The molecule has 4 heteroatoms. The minimum Gasteiger partial charge on any atom is -0.497 e. The molecule has 3 nitrogen and oxygen atoms in total. The third kappa shape index (κ3) is 2.54. The number of hydrogen-bond donors (Lipinski definition) is 1. The molecule has 0 radical (unpaired) electrons. The summed E-state index contributed by atoms with van der Waals surface area (Å²) in [6.07, 6.45) is 0. The molecule has 18 heavy (non-hydrogen) atoms. The number of nitrogens with two attached hydrogens (primary N) is 1. The SMILES string of the molecule is COc1cccc(C(=O)c2ccc(Br)cc2N)c1. The lowest BCUT2D eigenvalue weighted by Crippen LogP contribution is -2.05. The normalized spacial score (nSPS) is 10.1. The number of carbonyl (C=O) groups is 1. The lowest BCUT2D eigenvalue weighted by Gasteiger charge is -2.07. The zero-order valence-electron chi connectivity index (χ0n) is 9.81. The Balaban J connectivity index is 2.41. The van der Waals surface area contributed by atoms with Gasteiger partial charge in [-0.3, -0.25) is 4.79 Å². The first-order valence-electron chi connectivity index (χ1n) is 5.35. The average molecular weight is 306 g/mol. The van der Waals surface area contributed by atoms with Gasteiger partial charge in [0.1, 0.15) is 5.75 Å². The van der Waals surface area contributed by atoms with Crippen molar-refractivity contribution in [1.82, 2.24) is 0 Å². The zero-order chi connectivity index (χ0) is 13.1. The molecule has 2 aromatic carbocycles. The molecule has 0 aliphatic rings. The smallest absolute Gasteiger partial charge is 0.195 e. The average Bonchev–Trinajstić information content (AvgIpc) is 2.38. The van der Waals surface area contributed by atoms with Crippen molar-refractivity contribution < 1.29 is 9.53 Å². The number of rotatable bonds is 3. The fraction of sp³-hybridized carbons (Fsp3) is 0.0714. The van der Waals surface area contributed by atoms with Crippen molar-refractivity contribution >= 4 is 27.4 Å². The number of hydrogen-bond acceptors (Lipinski definition) is 3. The molecule has 0 amide bonds. The summed E-state index contributed by atoms with van der Waals surface area (Å²) < 4.78 is 5.95. The lowest BCUT2D eigenvalue weighted by atomic mass is 10.0. The molecule has 2 rings (SSSR count). The van der Waals surface area contributed by atoms with Gasteiger partial charge < -0.3 is 10.5 Å². The van der Waals surface area contributed by atoms with E-state index in [1.807, 2.05) is 0 Å². The van der Waals surface area contributed by atoms with E-state index in [1.54, 1.807) is 49.6 Å². The number of halogens is 1. The molecule has 0 bridgehead atoms. The van der Waals surface area contributed by atoms with Crippen molar-refractivity contribution in [3.8, 4) is 5.75 Å². The van der Waals surface area contributed by atoms with E-state index in [-0.39, 0.29) is 5.78 Å². The summed E-state index contributed by atoms with van der Waals surface area (Å²) in [5.41, 5.74) is 7.35. The topological polar surface area (TPSA) is 52.3 Å². The highest BCUT2D eigenvalue weighted by Crippen LogP contribution is 2.22. The highest BCUT2D eigenvalue weighted by molar-refractivity contribution is 9.10. The summed E-state index contributed by atoms with van der Waals surface area (Å²) in [5.74, 6) is 0.537. The maximum atomic E-state index is 12.3. The standard InChI is InChI=1S/C14H12BrNO2/c1-18-11-4-2-3-9(7-11)14(17)12-6-5-10(15)8-13(12)16/h2-8H,16H2,1H3. The van der Waals surface area contributed by atoms with Crippen LogP contribution in [0, 0.1) is 0 Å². The third-order valence-electron chi connectivity index (χ3n) is 2.59. The second-order valence-electron chi connectivity index (χ2n) is 3.79. The maximum absolute atomic E-state index is 12.3. The van der Waals surface area contributed by atoms with Gasteiger partial charge in [-0.2, -0.15) is 0 Å². The van der Waals surface area contributed by atoms with Crippen LogP contribution in [0.5, 0.6) is 5.75 Å². The molecule has 0 aliphatic heterocycles. The first-order chi connectivity index (χ1) is 8.61. The molecular formula is C14H12BrNO2. The fourth-order valence-corrected chi connectivity index (χ4v) is 2.04. The van der Waals surface area contributed by atoms with Crippen LogP contribution in [0.15, 0.2) is 46.9 Å². The quantitative estimate of drug-likeness (QED) is 0.699. The van der Waals surface area contributed by atoms with Gasteiger partial charge in [-0.1, -0.05) is 28.1 Å². The summed E-state index contributed by atoms with van der Waals surface area (Å²) in [6, 6.07) is 12.2. The maximum Gasteiger partial charge on any atom is 0.195 e. The van der Waals surface area contributed by atoms with Crippen molar-refractivity contribution in [2.45, 2.75) is 0 Å². The summed E-state index contributed by atoms with van der Waals surface area (Å²) in [4.78, 5) is 12.3. The zero-order valence-corrected chi connectivity index (χ0v) is 11.4. The fourth-order valence-electron chi connectivity index (χ4n) is 1.66. The van der Waals surface area contributed by atoms with Gasteiger partial charge >= 0.3 is 0 Å². The Morgan fingerprint density at radius 3 is 2.67 bits per heavy atom. The van der Waals surface area contributed by atoms with E-state index in [9.17, 15) is 4.79 Å². The molecule has 0 aromatic heterocycles. The molecule has 0 heterocycles. The van der Waals surface area contributed by atoms with Crippen LogP contribution in [-0.4, -0.2) is 12.9 Å². The van der Waals surface area contributed by atoms with Crippen LogP contribution < -0.4 is 10.5 Å². The number of ketones is 1. The highest BCUT2D eigenvalue weighted by Gasteiger charge is 2.13. The summed E-state index contributed by atoms with van der Waals surface area (Å²) in [6.45, 7) is 0. The van der Waals surface area contributed by atoms with Crippen molar-refractivity contribution in [2.75, 3.05) is 12.8 Å². The second-order valence-corrected chi connectivity index (χ2v) is 4.71. The van der Waals surface area contributed by atoms with Gasteiger partial charge in [0.05, 0.1) is 7.11 Å². The molecule has 0 saturated carbocycles. The van der Waals surface area contributed by atoms with Crippen LogP contribution in [0.3, 0.4) is 0 Å². The Bertz CT molecular complexity index is 596. The van der Waals surface area contributed by atoms with Crippen molar-refractivity contribution in [3.63, 3.8) is 0 Å². The van der Waals surface area contributed by atoms with Gasteiger partial charge in [0, 0.05) is 21.3 Å². The molecule has 2 N–H and O–H groups in total. The predicted molar refractivity (Wildman–Crippen MR) is 75.0 cm³/mol. The largest absolute Gasteiger partial charge is 0.497 e. The summed E-state index contributed by atoms with van der Waals surface area (Å²) in [7, 11) is 1.57. The Morgan fingerprint density at radius 2 is 2.00 bits per heavy atom. The van der Waals surface area contributed by atoms with Gasteiger partial charge in [-0.25, -0.2) is 0 Å². The number of carbonyl (C=O) groups excluding carboxylic acids is 1. The molecule has 92 valence electrons. The highest BCUT2D eigenvalue weighted by atomic mass is 79.9. The molecule has 0 aliphatic carbocycles. The van der Waals surface area contributed by atoms with E-state index in [4.69, 9.17) is 10.5 Å². The number of anilines is 1. The van der Waals surface area contributed by atoms with Crippen LogP contribution in [-0.2, 0) is 0 Å². The molecule has 0 unspecified atom stereocenters. The monoisotopic (exact) mass is 305 g/mol.